The molecule has 0 bridgehead atoms. The van der Waals surface area contributed by atoms with Gasteiger partial charge >= 0.3 is 0 Å². The van der Waals surface area contributed by atoms with Gasteiger partial charge in [0.25, 0.3) is 0 Å². The van der Waals surface area contributed by atoms with E-state index < -0.39 is 0 Å². The Balaban J connectivity index is 2.49. The molecule has 5 heteroatoms. The van der Waals surface area contributed by atoms with Crippen molar-refractivity contribution >= 4 is 21.9 Å². The van der Waals surface area contributed by atoms with Crippen LogP contribution < -0.4 is 5.73 Å². The number of anilines is 1. The molecule has 1 heterocycles. The summed E-state index contributed by atoms with van der Waals surface area (Å²) in [6.07, 6.45) is 0. The van der Waals surface area contributed by atoms with Gasteiger partial charge < -0.3 is 15.8 Å². The van der Waals surface area contributed by atoms with Gasteiger partial charge in [-0.25, -0.2) is 4.98 Å². The zero-order chi connectivity index (χ0) is 10.1. The van der Waals surface area contributed by atoms with Gasteiger partial charge in [0.05, 0.1) is 0 Å². The number of H-pyrrole nitrogens is 1. The Hall–Kier alpha value is -1.49. The zero-order valence-corrected chi connectivity index (χ0v) is 8.75. The average Bonchev–Trinajstić information content (AvgIpc) is 2.47. The van der Waals surface area contributed by atoms with Crippen LogP contribution in [0.25, 0.3) is 11.3 Å². The number of halogens is 1. The summed E-state index contributed by atoms with van der Waals surface area (Å²) in [7, 11) is 0. The second-order valence-electron chi connectivity index (χ2n) is 2.83. The van der Waals surface area contributed by atoms with Gasteiger partial charge in [0.15, 0.2) is 5.95 Å². The van der Waals surface area contributed by atoms with Gasteiger partial charge in [-0.2, -0.15) is 0 Å². The van der Waals surface area contributed by atoms with Crippen LogP contribution in [0.1, 0.15) is 0 Å². The predicted molar refractivity (Wildman–Crippen MR) is 57.8 cm³/mol. The second kappa shape index (κ2) is 3.34. The Kier molecular flexibility index (Phi) is 2.17. The van der Waals surface area contributed by atoms with E-state index in [4.69, 9.17) is 10.8 Å². The molecule has 0 amide bonds. The monoisotopic (exact) mass is 253 g/mol. The Morgan fingerprint density at radius 1 is 1.29 bits per heavy atom. The Labute approximate surface area is 88.9 Å². The van der Waals surface area contributed by atoms with Crippen LogP contribution in [0.3, 0.4) is 0 Å². The number of nitrogens with two attached hydrogens (primary N) is 1. The fourth-order valence-electron chi connectivity index (χ4n) is 1.18. The lowest BCUT2D eigenvalue weighted by molar-refractivity contribution is 0.475. The minimum absolute atomic E-state index is 0.230. The number of rotatable bonds is 1. The number of hydrogen-bond donors (Lipinski definition) is 3. The van der Waals surface area contributed by atoms with E-state index in [2.05, 4.69) is 25.9 Å². The first-order valence-electron chi connectivity index (χ1n) is 3.97. The number of nitrogen functional groups attached to an aromatic ring is 1. The first kappa shape index (κ1) is 9.08. The molecule has 1 aromatic heterocycles. The molecule has 1 aromatic carbocycles. The third-order valence-electron chi connectivity index (χ3n) is 1.82. The van der Waals surface area contributed by atoms with Crippen molar-refractivity contribution in [2.24, 2.45) is 0 Å². The molecule has 0 spiro atoms. The molecule has 0 fully saturated rings. The number of aromatic hydroxyl groups is 1. The van der Waals surface area contributed by atoms with E-state index in [0.29, 0.717) is 5.95 Å². The van der Waals surface area contributed by atoms with Crippen molar-refractivity contribution in [3.63, 3.8) is 0 Å². The summed E-state index contributed by atoms with van der Waals surface area (Å²) in [5.41, 5.74) is 7.13. The smallest absolute Gasteiger partial charge is 0.198 e. The standard InChI is InChI=1S/C9H8BrN3O/c10-8-7(12-9(11)13-8)5-1-3-6(14)4-2-5/h1-4,14H,(H3,11,12,13). The summed E-state index contributed by atoms with van der Waals surface area (Å²) in [4.78, 5) is 6.95. The molecule has 0 unspecified atom stereocenters. The summed E-state index contributed by atoms with van der Waals surface area (Å²) in [6, 6.07) is 6.75. The van der Waals surface area contributed by atoms with Crippen molar-refractivity contribution in [1.82, 2.24) is 9.97 Å². The van der Waals surface area contributed by atoms with Gasteiger partial charge in [0.2, 0.25) is 0 Å². The Morgan fingerprint density at radius 3 is 2.43 bits per heavy atom. The molecule has 0 aliphatic carbocycles. The summed E-state index contributed by atoms with van der Waals surface area (Å²) >= 11 is 3.31. The minimum atomic E-state index is 0.230. The van der Waals surface area contributed by atoms with Crippen LogP contribution in [-0.4, -0.2) is 15.1 Å². The largest absolute Gasteiger partial charge is 0.508 e. The fraction of sp³-hybridized carbons (Fsp3) is 0. The number of aromatic nitrogens is 2. The van der Waals surface area contributed by atoms with Crippen molar-refractivity contribution in [3.05, 3.63) is 28.9 Å². The number of hydrogen-bond acceptors (Lipinski definition) is 3. The van der Waals surface area contributed by atoms with Crippen molar-refractivity contribution in [2.75, 3.05) is 5.73 Å². The Bertz CT molecular complexity index is 450. The van der Waals surface area contributed by atoms with Gasteiger partial charge in [-0.05, 0) is 40.2 Å². The summed E-state index contributed by atoms with van der Waals surface area (Å²) in [5.74, 6) is 0.591. The third-order valence-corrected chi connectivity index (χ3v) is 2.39. The molecule has 0 atom stereocenters. The maximum Gasteiger partial charge on any atom is 0.198 e. The van der Waals surface area contributed by atoms with Crippen LogP contribution in [-0.2, 0) is 0 Å². The molecule has 0 aliphatic heterocycles. The molecule has 0 saturated carbocycles. The van der Waals surface area contributed by atoms with E-state index in [1.54, 1.807) is 24.3 Å². The normalized spacial score (nSPS) is 10.4. The van der Waals surface area contributed by atoms with Gasteiger partial charge in [0.1, 0.15) is 16.0 Å². The van der Waals surface area contributed by atoms with E-state index in [0.717, 1.165) is 15.9 Å². The highest BCUT2D eigenvalue weighted by molar-refractivity contribution is 9.10. The molecule has 0 aliphatic rings. The van der Waals surface area contributed by atoms with Crippen LogP contribution in [0.5, 0.6) is 5.75 Å². The molecule has 2 aromatic rings. The molecule has 4 N–H and O–H groups in total. The SMILES string of the molecule is Nc1nc(-c2ccc(O)cc2)c(Br)[nH]1. The molecule has 14 heavy (non-hydrogen) atoms. The van der Waals surface area contributed by atoms with Crippen LogP contribution >= 0.6 is 15.9 Å². The van der Waals surface area contributed by atoms with E-state index in [9.17, 15) is 0 Å². The zero-order valence-electron chi connectivity index (χ0n) is 7.16. The lowest BCUT2D eigenvalue weighted by Gasteiger charge is -1.97. The average molecular weight is 254 g/mol. The number of aromatic amines is 1. The molecular weight excluding hydrogens is 246 g/mol. The van der Waals surface area contributed by atoms with Crippen molar-refractivity contribution < 1.29 is 5.11 Å². The van der Waals surface area contributed by atoms with Crippen LogP contribution in [0.15, 0.2) is 28.9 Å². The summed E-state index contributed by atoms with van der Waals surface area (Å²) < 4.78 is 0.737. The van der Waals surface area contributed by atoms with Crippen LogP contribution in [0.2, 0.25) is 0 Å². The lowest BCUT2D eigenvalue weighted by Crippen LogP contribution is -1.85. The van der Waals surface area contributed by atoms with E-state index >= 15 is 0 Å². The topological polar surface area (TPSA) is 74.9 Å². The Morgan fingerprint density at radius 2 is 1.93 bits per heavy atom. The van der Waals surface area contributed by atoms with Gasteiger partial charge in [-0.15, -0.1) is 0 Å². The van der Waals surface area contributed by atoms with Gasteiger partial charge in [0, 0.05) is 5.56 Å². The maximum atomic E-state index is 9.11. The number of nitrogens with one attached hydrogen (secondary N) is 1. The quantitative estimate of drug-likeness (QED) is 0.729. The number of phenolic OH excluding ortho intramolecular Hbond substituents is 1. The number of nitrogens with zero attached hydrogens (tertiary/aromatic N) is 1. The van der Waals surface area contributed by atoms with Gasteiger partial charge in [-0.1, -0.05) is 0 Å². The minimum Gasteiger partial charge on any atom is -0.508 e. The molecular formula is C9H8BrN3O. The number of imidazole rings is 1. The van der Waals surface area contributed by atoms with Crippen LogP contribution in [0.4, 0.5) is 5.95 Å². The van der Waals surface area contributed by atoms with Crippen molar-refractivity contribution in [2.45, 2.75) is 0 Å². The summed E-state index contributed by atoms with van der Waals surface area (Å²) in [6.45, 7) is 0. The highest BCUT2D eigenvalue weighted by atomic mass is 79.9. The molecule has 0 saturated heterocycles. The summed E-state index contributed by atoms with van der Waals surface area (Å²) in [5, 5.41) is 9.11. The number of benzene rings is 1. The highest BCUT2D eigenvalue weighted by Gasteiger charge is 2.07. The second-order valence-corrected chi connectivity index (χ2v) is 3.62. The lowest BCUT2D eigenvalue weighted by atomic mass is 10.2. The molecule has 0 radical (unpaired) electrons. The first-order chi connectivity index (χ1) is 6.66. The number of phenols is 1. The highest BCUT2D eigenvalue weighted by Crippen LogP contribution is 2.27. The molecule has 72 valence electrons. The molecule has 4 nitrogen and oxygen atoms in total. The van der Waals surface area contributed by atoms with Crippen molar-refractivity contribution in [1.29, 1.82) is 0 Å². The van der Waals surface area contributed by atoms with Crippen molar-refractivity contribution in [3.8, 4) is 17.0 Å². The molecule has 2 rings (SSSR count). The fourth-order valence-corrected chi connectivity index (χ4v) is 1.70. The van der Waals surface area contributed by atoms with Crippen LogP contribution in [0, 0.1) is 0 Å². The van der Waals surface area contributed by atoms with E-state index in [1.165, 1.54) is 0 Å². The van der Waals surface area contributed by atoms with E-state index in [-0.39, 0.29) is 5.75 Å². The maximum absolute atomic E-state index is 9.11. The predicted octanol–water partition coefficient (Wildman–Crippen LogP) is 2.13. The van der Waals surface area contributed by atoms with Gasteiger partial charge in [-0.3, -0.25) is 0 Å². The first-order valence-corrected chi connectivity index (χ1v) is 4.76. The third kappa shape index (κ3) is 1.58. The van der Waals surface area contributed by atoms with E-state index in [1.807, 2.05) is 0 Å².